The monoisotopic (exact) mass is 384 g/mol. The summed E-state index contributed by atoms with van der Waals surface area (Å²) < 4.78 is 4.10. The van der Waals surface area contributed by atoms with Gasteiger partial charge in [0, 0.05) is 31.8 Å². The van der Waals surface area contributed by atoms with E-state index in [4.69, 9.17) is 0 Å². The third kappa shape index (κ3) is 2.44. The number of hydrogen-bond acceptors (Lipinski definition) is 4. The van der Waals surface area contributed by atoms with Gasteiger partial charge in [0.05, 0.1) is 16.7 Å². The fraction of sp³-hybridized carbons (Fsp3) is 0.125. The summed E-state index contributed by atoms with van der Waals surface area (Å²) in [7, 11) is 1.73. The Morgan fingerprint density at radius 3 is 2.96 bits per heavy atom. The van der Waals surface area contributed by atoms with Gasteiger partial charge in [-0.05, 0) is 34.1 Å². The predicted molar refractivity (Wildman–Crippen MR) is 91.7 cm³/mol. The van der Waals surface area contributed by atoms with E-state index in [1.54, 1.807) is 34.9 Å². The lowest BCUT2D eigenvalue weighted by atomic mass is 10.3. The highest BCUT2D eigenvalue weighted by Gasteiger charge is 2.22. The molecule has 0 bridgehead atoms. The van der Waals surface area contributed by atoms with E-state index in [2.05, 4.69) is 31.0 Å². The molecule has 0 fully saturated rings. The molecule has 4 aromatic heterocycles. The molecule has 120 valence electrons. The number of fused-ring (bicyclic) bond motifs is 2. The molecule has 24 heavy (non-hydrogen) atoms. The van der Waals surface area contributed by atoms with E-state index in [0.29, 0.717) is 22.4 Å². The second kappa shape index (κ2) is 5.72. The Kier molecular flexibility index (Phi) is 3.53. The van der Waals surface area contributed by atoms with Gasteiger partial charge >= 0.3 is 0 Å². The van der Waals surface area contributed by atoms with Gasteiger partial charge in [-0.3, -0.25) is 4.79 Å². The number of rotatable bonds is 3. The molecule has 0 spiro atoms. The number of imidazole rings is 1. The number of halogens is 1. The fourth-order valence-corrected chi connectivity index (χ4v) is 3.09. The van der Waals surface area contributed by atoms with Crippen LogP contribution in [0.15, 0.2) is 53.5 Å². The number of nitrogens with zero attached hydrogens (tertiary/aromatic N) is 6. The number of pyridine rings is 1. The highest BCUT2D eigenvalue weighted by atomic mass is 79.9. The highest BCUT2D eigenvalue weighted by molar-refractivity contribution is 9.10. The van der Waals surface area contributed by atoms with Crippen LogP contribution in [0.2, 0.25) is 0 Å². The third-order valence-electron chi connectivity index (χ3n) is 3.70. The molecule has 0 aromatic carbocycles. The van der Waals surface area contributed by atoms with Gasteiger partial charge in [0.25, 0.3) is 5.91 Å². The van der Waals surface area contributed by atoms with Crippen molar-refractivity contribution in [1.29, 1.82) is 0 Å². The van der Waals surface area contributed by atoms with Gasteiger partial charge in [-0.1, -0.05) is 6.07 Å². The van der Waals surface area contributed by atoms with Crippen LogP contribution in [0, 0.1) is 0 Å². The van der Waals surface area contributed by atoms with Crippen molar-refractivity contribution in [3.63, 3.8) is 0 Å². The number of amides is 1. The molecule has 0 unspecified atom stereocenters. The minimum Gasteiger partial charge on any atom is -0.334 e. The van der Waals surface area contributed by atoms with E-state index in [0.717, 1.165) is 11.3 Å². The Morgan fingerprint density at radius 2 is 2.17 bits per heavy atom. The van der Waals surface area contributed by atoms with Gasteiger partial charge in [-0.25, -0.2) is 14.5 Å². The molecular formula is C16H13BrN6O. The second-order valence-electron chi connectivity index (χ2n) is 5.41. The molecular weight excluding hydrogens is 372 g/mol. The summed E-state index contributed by atoms with van der Waals surface area (Å²) >= 11 is 3.42. The summed E-state index contributed by atoms with van der Waals surface area (Å²) in [6.07, 6.45) is 7.26. The highest BCUT2D eigenvalue weighted by Crippen LogP contribution is 2.22. The first-order valence-electron chi connectivity index (χ1n) is 7.30. The zero-order valence-electron chi connectivity index (χ0n) is 12.8. The Bertz CT molecular complexity index is 1020. The maximum Gasteiger partial charge on any atom is 0.275 e. The van der Waals surface area contributed by atoms with Gasteiger partial charge in [0.2, 0.25) is 0 Å². The third-order valence-corrected chi connectivity index (χ3v) is 4.43. The molecule has 0 aliphatic heterocycles. The zero-order valence-corrected chi connectivity index (χ0v) is 14.4. The maximum absolute atomic E-state index is 12.7. The molecule has 0 saturated carbocycles. The van der Waals surface area contributed by atoms with E-state index in [1.165, 1.54) is 0 Å². The molecule has 8 heteroatoms. The minimum absolute atomic E-state index is 0.190. The second-order valence-corrected chi connectivity index (χ2v) is 6.20. The molecule has 0 saturated heterocycles. The summed E-state index contributed by atoms with van der Waals surface area (Å²) in [5.41, 5.74) is 2.61. The van der Waals surface area contributed by atoms with Gasteiger partial charge < -0.3 is 9.30 Å². The van der Waals surface area contributed by atoms with E-state index in [-0.39, 0.29) is 5.91 Å². The largest absolute Gasteiger partial charge is 0.334 e. The first-order valence-corrected chi connectivity index (χ1v) is 8.10. The van der Waals surface area contributed by atoms with Crippen LogP contribution >= 0.6 is 15.9 Å². The summed E-state index contributed by atoms with van der Waals surface area (Å²) in [6, 6.07) is 7.56. The topological polar surface area (TPSA) is 67.8 Å². The van der Waals surface area contributed by atoms with Crippen molar-refractivity contribution in [3.05, 3.63) is 64.9 Å². The summed E-state index contributed by atoms with van der Waals surface area (Å²) in [4.78, 5) is 23.0. The standard InChI is InChI=1S/C16H13BrN6O/c1-21(9-11-10-22-7-3-2-5-12(22)19-11)16(24)14-13(17)15-18-6-4-8-23(15)20-14/h2-8,10H,9H2,1H3. The number of aromatic nitrogens is 5. The number of hydrogen-bond donors (Lipinski definition) is 0. The van der Waals surface area contributed by atoms with Crippen molar-refractivity contribution in [2.24, 2.45) is 0 Å². The van der Waals surface area contributed by atoms with Crippen LogP contribution in [0.3, 0.4) is 0 Å². The van der Waals surface area contributed by atoms with Crippen molar-refractivity contribution in [1.82, 2.24) is 28.9 Å². The molecule has 0 N–H and O–H groups in total. The van der Waals surface area contributed by atoms with Crippen LogP contribution in [0.1, 0.15) is 16.2 Å². The molecule has 1 amide bonds. The molecule has 4 aromatic rings. The van der Waals surface area contributed by atoms with Crippen LogP contribution in [-0.2, 0) is 6.54 Å². The lowest BCUT2D eigenvalue weighted by Crippen LogP contribution is -2.27. The van der Waals surface area contributed by atoms with Crippen molar-refractivity contribution >= 4 is 33.1 Å². The van der Waals surface area contributed by atoms with Crippen molar-refractivity contribution < 1.29 is 4.79 Å². The van der Waals surface area contributed by atoms with Crippen molar-refractivity contribution in [3.8, 4) is 0 Å². The van der Waals surface area contributed by atoms with Gasteiger partial charge in [-0.15, -0.1) is 0 Å². The van der Waals surface area contributed by atoms with Crippen LogP contribution < -0.4 is 0 Å². The zero-order chi connectivity index (χ0) is 16.7. The average molecular weight is 385 g/mol. The van der Waals surface area contributed by atoms with E-state index < -0.39 is 0 Å². The summed E-state index contributed by atoms with van der Waals surface area (Å²) in [5.74, 6) is -0.190. The van der Waals surface area contributed by atoms with Gasteiger partial charge in [0.15, 0.2) is 11.3 Å². The Hall–Kier alpha value is -2.74. The number of carbonyl (C=O) groups is 1. The van der Waals surface area contributed by atoms with E-state index >= 15 is 0 Å². The molecule has 0 atom stereocenters. The Morgan fingerprint density at radius 1 is 1.29 bits per heavy atom. The van der Waals surface area contributed by atoms with E-state index in [1.807, 2.05) is 35.0 Å². The molecule has 0 aliphatic rings. The van der Waals surface area contributed by atoms with Gasteiger partial charge in [0.1, 0.15) is 5.65 Å². The van der Waals surface area contributed by atoms with Crippen LogP contribution in [0.5, 0.6) is 0 Å². The first kappa shape index (κ1) is 14.8. The lowest BCUT2D eigenvalue weighted by molar-refractivity contribution is 0.0776. The van der Waals surface area contributed by atoms with Gasteiger partial charge in [-0.2, -0.15) is 5.10 Å². The number of carbonyl (C=O) groups excluding carboxylic acids is 1. The Balaban J connectivity index is 1.62. The first-order chi connectivity index (χ1) is 11.6. The SMILES string of the molecule is CN(Cc1cn2ccccc2n1)C(=O)c1nn2cccnc2c1Br. The van der Waals surface area contributed by atoms with Crippen LogP contribution in [0.4, 0.5) is 0 Å². The summed E-state index contributed by atoms with van der Waals surface area (Å²) in [5, 5.41) is 4.31. The van der Waals surface area contributed by atoms with Crippen molar-refractivity contribution in [2.75, 3.05) is 7.05 Å². The molecule has 0 radical (unpaired) electrons. The minimum atomic E-state index is -0.190. The summed E-state index contributed by atoms with van der Waals surface area (Å²) in [6.45, 7) is 0.397. The van der Waals surface area contributed by atoms with Crippen molar-refractivity contribution in [2.45, 2.75) is 6.54 Å². The Labute approximate surface area is 145 Å². The molecule has 7 nitrogen and oxygen atoms in total. The average Bonchev–Trinajstić information content (AvgIpc) is 3.15. The lowest BCUT2D eigenvalue weighted by Gasteiger charge is -2.14. The molecule has 4 heterocycles. The predicted octanol–water partition coefficient (Wildman–Crippen LogP) is 2.41. The smallest absolute Gasteiger partial charge is 0.275 e. The fourth-order valence-electron chi connectivity index (χ4n) is 2.55. The quantitative estimate of drug-likeness (QED) is 0.543. The molecule has 4 rings (SSSR count). The normalized spacial score (nSPS) is 11.2. The van der Waals surface area contributed by atoms with Crippen LogP contribution in [-0.4, -0.2) is 41.8 Å². The van der Waals surface area contributed by atoms with Crippen LogP contribution in [0.25, 0.3) is 11.3 Å². The van der Waals surface area contributed by atoms with E-state index in [9.17, 15) is 4.79 Å². The molecule has 0 aliphatic carbocycles. The maximum atomic E-state index is 12.7.